The number of rotatable bonds is 1. The predicted molar refractivity (Wildman–Crippen MR) is 49.2 cm³/mol. The number of hydrogen-bond acceptors (Lipinski definition) is 4. The average molecular weight is 209 g/mol. The van der Waals surface area contributed by atoms with Crippen molar-refractivity contribution in [3.63, 3.8) is 0 Å². The summed E-state index contributed by atoms with van der Waals surface area (Å²) in [7, 11) is 0. The molecule has 7 nitrogen and oxygen atoms in total. The number of carbonyl (C=O) groups is 1. The van der Waals surface area contributed by atoms with Gasteiger partial charge in [-0.25, -0.2) is 4.79 Å². The van der Waals surface area contributed by atoms with Gasteiger partial charge in [-0.2, -0.15) is 9.61 Å². The SMILES string of the molecule is Cc1c(O)n2nc(C(=O)O)cc2[nH]c1=O. The van der Waals surface area contributed by atoms with E-state index in [1.54, 1.807) is 0 Å². The Bertz CT molecular complexity index is 610. The number of aromatic hydroxyl groups is 1. The van der Waals surface area contributed by atoms with Crippen LogP contribution in [0, 0.1) is 6.92 Å². The van der Waals surface area contributed by atoms with E-state index in [9.17, 15) is 14.7 Å². The summed E-state index contributed by atoms with van der Waals surface area (Å²) < 4.78 is 0.972. The highest BCUT2D eigenvalue weighted by Gasteiger charge is 2.14. The molecule has 0 aliphatic carbocycles. The molecule has 78 valence electrons. The third-order valence-electron chi connectivity index (χ3n) is 2.05. The fourth-order valence-electron chi connectivity index (χ4n) is 1.21. The van der Waals surface area contributed by atoms with Crippen LogP contribution in [0.25, 0.3) is 5.65 Å². The summed E-state index contributed by atoms with van der Waals surface area (Å²) in [5.74, 6) is -1.59. The number of carboxylic acids is 1. The van der Waals surface area contributed by atoms with Gasteiger partial charge in [0.05, 0.1) is 5.56 Å². The highest BCUT2D eigenvalue weighted by molar-refractivity contribution is 5.86. The maximum absolute atomic E-state index is 11.2. The van der Waals surface area contributed by atoms with Crippen molar-refractivity contribution in [3.05, 3.63) is 27.7 Å². The van der Waals surface area contributed by atoms with Crippen LogP contribution in [0.3, 0.4) is 0 Å². The fourth-order valence-corrected chi connectivity index (χ4v) is 1.21. The van der Waals surface area contributed by atoms with Gasteiger partial charge in [-0.3, -0.25) is 4.79 Å². The maximum Gasteiger partial charge on any atom is 0.356 e. The van der Waals surface area contributed by atoms with Crippen LogP contribution in [-0.4, -0.2) is 30.8 Å². The molecule has 0 unspecified atom stereocenters. The van der Waals surface area contributed by atoms with Gasteiger partial charge in [0.1, 0.15) is 5.65 Å². The number of carboxylic acid groups (broad SMARTS) is 1. The maximum atomic E-state index is 11.2. The molecular weight excluding hydrogens is 202 g/mol. The first-order valence-electron chi connectivity index (χ1n) is 4.05. The predicted octanol–water partition coefficient (Wildman–Crippen LogP) is -0.265. The lowest BCUT2D eigenvalue weighted by Crippen LogP contribution is -2.12. The number of hydrogen-bond donors (Lipinski definition) is 3. The number of aromatic nitrogens is 3. The largest absolute Gasteiger partial charge is 0.493 e. The van der Waals surface area contributed by atoms with E-state index in [0.29, 0.717) is 0 Å². The molecule has 0 bridgehead atoms. The average Bonchev–Trinajstić information content (AvgIpc) is 2.58. The van der Waals surface area contributed by atoms with E-state index in [1.807, 2.05) is 0 Å². The van der Waals surface area contributed by atoms with E-state index in [0.717, 1.165) is 4.52 Å². The van der Waals surface area contributed by atoms with Crippen molar-refractivity contribution in [2.24, 2.45) is 0 Å². The molecule has 2 aromatic heterocycles. The van der Waals surface area contributed by atoms with E-state index in [4.69, 9.17) is 5.11 Å². The molecule has 0 aliphatic rings. The highest BCUT2D eigenvalue weighted by Crippen LogP contribution is 2.13. The second-order valence-electron chi connectivity index (χ2n) is 3.03. The first kappa shape index (κ1) is 9.25. The summed E-state index contributed by atoms with van der Waals surface area (Å²) in [4.78, 5) is 24.2. The number of H-pyrrole nitrogens is 1. The van der Waals surface area contributed by atoms with Crippen LogP contribution in [0.4, 0.5) is 0 Å². The molecule has 7 heteroatoms. The van der Waals surface area contributed by atoms with Crippen LogP contribution in [-0.2, 0) is 0 Å². The minimum Gasteiger partial charge on any atom is -0.493 e. The van der Waals surface area contributed by atoms with Crippen LogP contribution in [0.15, 0.2) is 10.9 Å². The summed E-state index contributed by atoms with van der Waals surface area (Å²) in [5, 5.41) is 21.8. The van der Waals surface area contributed by atoms with Gasteiger partial charge in [0.2, 0.25) is 5.88 Å². The fraction of sp³-hybridized carbons (Fsp3) is 0.125. The van der Waals surface area contributed by atoms with Gasteiger partial charge in [-0.15, -0.1) is 0 Å². The van der Waals surface area contributed by atoms with Crippen LogP contribution in [0.2, 0.25) is 0 Å². The third-order valence-corrected chi connectivity index (χ3v) is 2.05. The second-order valence-corrected chi connectivity index (χ2v) is 3.03. The van der Waals surface area contributed by atoms with Crippen molar-refractivity contribution in [2.45, 2.75) is 6.92 Å². The molecule has 0 saturated carbocycles. The Balaban J connectivity index is 2.88. The van der Waals surface area contributed by atoms with Gasteiger partial charge in [-0.05, 0) is 6.92 Å². The molecule has 0 atom stereocenters. The number of aromatic amines is 1. The van der Waals surface area contributed by atoms with Crippen molar-refractivity contribution in [1.82, 2.24) is 14.6 Å². The van der Waals surface area contributed by atoms with E-state index in [-0.39, 0.29) is 22.8 Å². The third kappa shape index (κ3) is 1.25. The highest BCUT2D eigenvalue weighted by atomic mass is 16.4. The molecule has 15 heavy (non-hydrogen) atoms. The second kappa shape index (κ2) is 2.84. The molecule has 0 fully saturated rings. The number of aromatic carboxylic acids is 1. The zero-order valence-electron chi connectivity index (χ0n) is 7.68. The Hall–Kier alpha value is -2.31. The van der Waals surface area contributed by atoms with E-state index >= 15 is 0 Å². The molecule has 0 aliphatic heterocycles. The summed E-state index contributed by atoms with van der Waals surface area (Å²) in [6.45, 7) is 1.41. The lowest BCUT2D eigenvalue weighted by Gasteiger charge is -1.99. The van der Waals surface area contributed by atoms with Gasteiger partial charge in [-0.1, -0.05) is 0 Å². The topological polar surface area (TPSA) is 108 Å². The summed E-state index contributed by atoms with van der Waals surface area (Å²) in [5.41, 5.74) is -0.494. The van der Waals surface area contributed by atoms with Crippen LogP contribution in [0.1, 0.15) is 16.1 Å². The molecular formula is C8H7N3O4. The van der Waals surface area contributed by atoms with E-state index in [1.165, 1.54) is 13.0 Å². The van der Waals surface area contributed by atoms with Crippen molar-refractivity contribution in [3.8, 4) is 5.88 Å². The Kier molecular flexibility index (Phi) is 1.75. The van der Waals surface area contributed by atoms with Gasteiger partial charge >= 0.3 is 5.97 Å². The minimum absolute atomic E-state index is 0.0857. The molecule has 3 N–H and O–H groups in total. The molecule has 0 aromatic carbocycles. The van der Waals surface area contributed by atoms with Crippen molar-refractivity contribution >= 4 is 11.6 Å². The molecule has 0 radical (unpaired) electrons. The van der Waals surface area contributed by atoms with Crippen LogP contribution in [0.5, 0.6) is 5.88 Å². The number of nitrogens with one attached hydrogen (secondary N) is 1. The molecule has 2 rings (SSSR count). The standard InChI is InChI=1S/C8H7N3O4/c1-3-6(12)9-5-2-4(8(14)15)10-11(5)7(3)13/h2,13H,1H3,(H,9,12)(H,14,15). The Morgan fingerprint density at radius 2 is 2.27 bits per heavy atom. The summed E-state index contributed by atoms with van der Waals surface area (Å²) in [6.07, 6.45) is 0. The monoisotopic (exact) mass is 209 g/mol. The lowest BCUT2D eigenvalue weighted by molar-refractivity contribution is 0.0690. The molecule has 0 amide bonds. The number of nitrogens with zero attached hydrogens (tertiary/aromatic N) is 2. The summed E-state index contributed by atoms with van der Waals surface area (Å²) in [6, 6.07) is 1.17. The Morgan fingerprint density at radius 1 is 1.60 bits per heavy atom. The smallest absolute Gasteiger partial charge is 0.356 e. The zero-order valence-corrected chi connectivity index (χ0v) is 7.68. The van der Waals surface area contributed by atoms with E-state index < -0.39 is 11.5 Å². The molecule has 0 saturated heterocycles. The van der Waals surface area contributed by atoms with Gasteiger partial charge in [0.15, 0.2) is 5.69 Å². The Morgan fingerprint density at radius 3 is 2.87 bits per heavy atom. The number of fused-ring (bicyclic) bond motifs is 1. The van der Waals surface area contributed by atoms with Gasteiger partial charge in [0, 0.05) is 6.07 Å². The zero-order chi connectivity index (χ0) is 11.2. The summed E-state index contributed by atoms with van der Waals surface area (Å²) >= 11 is 0. The van der Waals surface area contributed by atoms with E-state index in [2.05, 4.69) is 10.1 Å². The normalized spacial score (nSPS) is 10.7. The molecule has 0 spiro atoms. The van der Waals surface area contributed by atoms with Crippen molar-refractivity contribution < 1.29 is 15.0 Å². The quantitative estimate of drug-likeness (QED) is 0.599. The first-order valence-corrected chi connectivity index (χ1v) is 4.05. The first-order chi connectivity index (χ1) is 7.00. The van der Waals surface area contributed by atoms with Crippen molar-refractivity contribution in [2.75, 3.05) is 0 Å². The van der Waals surface area contributed by atoms with Gasteiger partial charge in [0.25, 0.3) is 5.56 Å². The van der Waals surface area contributed by atoms with Crippen molar-refractivity contribution in [1.29, 1.82) is 0 Å². The lowest BCUT2D eigenvalue weighted by atomic mass is 10.3. The van der Waals surface area contributed by atoms with Crippen LogP contribution >= 0.6 is 0 Å². The minimum atomic E-state index is -1.23. The van der Waals surface area contributed by atoms with Gasteiger partial charge < -0.3 is 15.2 Å². The Labute approximate surface area is 82.6 Å². The van der Waals surface area contributed by atoms with Crippen LogP contribution < -0.4 is 5.56 Å². The molecule has 2 heterocycles. The molecule has 2 aromatic rings.